The molecule has 1 N–H and O–H groups in total. The Hall–Kier alpha value is -2.24. The molecule has 0 saturated heterocycles. The van der Waals surface area contributed by atoms with E-state index in [1.165, 1.54) is 6.92 Å². The lowest BCUT2D eigenvalue weighted by Gasteiger charge is -2.24. The van der Waals surface area contributed by atoms with Crippen LogP contribution in [0.25, 0.3) is 0 Å². The number of carbonyl (C=O) groups excluding carboxylic acids is 2. The Labute approximate surface area is 162 Å². The van der Waals surface area contributed by atoms with E-state index in [0.717, 1.165) is 24.2 Å². The van der Waals surface area contributed by atoms with Crippen LogP contribution >= 0.6 is 0 Å². The van der Waals surface area contributed by atoms with Gasteiger partial charge in [0.25, 0.3) is 0 Å². The highest BCUT2D eigenvalue weighted by atomic mass is 16.6. The molecule has 2 atom stereocenters. The summed E-state index contributed by atoms with van der Waals surface area (Å²) < 4.78 is 16.2. The van der Waals surface area contributed by atoms with Crippen molar-refractivity contribution in [2.75, 3.05) is 13.2 Å². The smallest absolute Gasteiger partial charge is 0.408 e. The van der Waals surface area contributed by atoms with Crippen LogP contribution in [0.4, 0.5) is 4.79 Å². The number of amides is 1. The van der Waals surface area contributed by atoms with E-state index in [1.54, 1.807) is 20.8 Å². The number of rotatable bonds is 9. The van der Waals surface area contributed by atoms with Crippen LogP contribution in [-0.4, -0.2) is 30.9 Å². The molecule has 0 bridgehead atoms. The second-order valence-corrected chi connectivity index (χ2v) is 7.78. The van der Waals surface area contributed by atoms with Crippen molar-refractivity contribution in [2.45, 2.75) is 66.0 Å². The minimum absolute atomic E-state index is 0.0301. The van der Waals surface area contributed by atoms with E-state index in [2.05, 4.69) is 19.2 Å². The van der Waals surface area contributed by atoms with Crippen molar-refractivity contribution < 1.29 is 23.8 Å². The zero-order chi connectivity index (χ0) is 20.4. The predicted molar refractivity (Wildman–Crippen MR) is 105 cm³/mol. The zero-order valence-electron chi connectivity index (χ0n) is 17.3. The van der Waals surface area contributed by atoms with Gasteiger partial charge >= 0.3 is 12.1 Å². The second-order valence-electron chi connectivity index (χ2n) is 7.78. The standard InChI is InChI=1S/C21H33NO5/c1-7-8-15(2)13-26-18-11-9-17(10-12-18)19(14-25-16(3)23)22-20(24)27-21(4,5)6/h9-12,15,19H,7-8,13-14H2,1-6H3,(H,22,24). The van der Waals surface area contributed by atoms with Crippen LogP contribution in [0.5, 0.6) is 5.75 Å². The first-order valence-electron chi connectivity index (χ1n) is 9.46. The lowest BCUT2D eigenvalue weighted by atomic mass is 10.1. The quantitative estimate of drug-likeness (QED) is 0.633. The minimum Gasteiger partial charge on any atom is -0.493 e. The van der Waals surface area contributed by atoms with Crippen LogP contribution in [0.3, 0.4) is 0 Å². The van der Waals surface area contributed by atoms with Gasteiger partial charge in [-0.15, -0.1) is 0 Å². The van der Waals surface area contributed by atoms with Crippen molar-refractivity contribution in [1.82, 2.24) is 5.32 Å². The van der Waals surface area contributed by atoms with Crippen LogP contribution in [0.15, 0.2) is 24.3 Å². The Balaban J connectivity index is 2.76. The number of nitrogens with one attached hydrogen (secondary N) is 1. The van der Waals surface area contributed by atoms with Gasteiger partial charge in [-0.1, -0.05) is 32.4 Å². The molecule has 1 aromatic rings. The molecule has 2 unspecified atom stereocenters. The van der Waals surface area contributed by atoms with E-state index in [0.29, 0.717) is 12.5 Å². The van der Waals surface area contributed by atoms with Gasteiger partial charge in [-0.05, 0) is 50.8 Å². The fourth-order valence-electron chi connectivity index (χ4n) is 2.48. The van der Waals surface area contributed by atoms with Crippen molar-refractivity contribution in [3.63, 3.8) is 0 Å². The van der Waals surface area contributed by atoms with Gasteiger partial charge in [0.15, 0.2) is 0 Å². The van der Waals surface area contributed by atoms with Crippen molar-refractivity contribution in [2.24, 2.45) is 5.92 Å². The molecule has 6 nitrogen and oxygen atoms in total. The van der Waals surface area contributed by atoms with Gasteiger partial charge in [-0.25, -0.2) is 4.79 Å². The number of ether oxygens (including phenoxy) is 3. The van der Waals surface area contributed by atoms with Crippen molar-refractivity contribution in [1.29, 1.82) is 0 Å². The average molecular weight is 379 g/mol. The number of esters is 1. The topological polar surface area (TPSA) is 73.9 Å². The summed E-state index contributed by atoms with van der Waals surface area (Å²) in [5.74, 6) is 0.862. The number of carbonyl (C=O) groups is 2. The molecule has 152 valence electrons. The summed E-state index contributed by atoms with van der Waals surface area (Å²) in [6.45, 7) is 11.7. The highest BCUT2D eigenvalue weighted by molar-refractivity contribution is 5.69. The highest BCUT2D eigenvalue weighted by Gasteiger charge is 2.21. The summed E-state index contributed by atoms with van der Waals surface area (Å²) in [6, 6.07) is 6.91. The van der Waals surface area contributed by atoms with Gasteiger partial charge in [-0.2, -0.15) is 0 Å². The Bertz CT molecular complexity index is 592. The molecule has 0 aliphatic rings. The number of benzene rings is 1. The Kier molecular flexibility index (Phi) is 9.12. The highest BCUT2D eigenvalue weighted by Crippen LogP contribution is 2.20. The Morgan fingerprint density at radius 2 is 1.74 bits per heavy atom. The van der Waals surface area contributed by atoms with Crippen molar-refractivity contribution >= 4 is 12.1 Å². The maximum atomic E-state index is 12.1. The normalized spacial score (nSPS) is 13.4. The first-order chi connectivity index (χ1) is 12.6. The third-order valence-electron chi connectivity index (χ3n) is 3.74. The van der Waals surface area contributed by atoms with Crippen molar-refractivity contribution in [3.05, 3.63) is 29.8 Å². The van der Waals surface area contributed by atoms with E-state index in [4.69, 9.17) is 14.2 Å². The molecule has 1 amide bonds. The molecular formula is C21H33NO5. The van der Waals surface area contributed by atoms with Gasteiger partial charge in [0, 0.05) is 6.92 Å². The van der Waals surface area contributed by atoms with E-state index in [9.17, 15) is 9.59 Å². The molecule has 0 saturated carbocycles. The predicted octanol–water partition coefficient (Wildman–Crippen LogP) is 4.63. The van der Waals surface area contributed by atoms with Crippen LogP contribution < -0.4 is 10.1 Å². The lowest BCUT2D eigenvalue weighted by Crippen LogP contribution is -2.36. The summed E-state index contributed by atoms with van der Waals surface area (Å²) in [4.78, 5) is 23.3. The zero-order valence-corrected chi connectivity index (χ0v) is 17.3. The third kappa shape index (κ3) is 9.87. The van der Waals surface area contributed by atoms with Crippen molar-refractivity contribution in [3.8, 4) is 5.75 Å². The largest absolute Gasteiger partial charge is 0.493 e. The molecule has 1 aromatic carbocycles. The average Bonchev–Trinajstić information content (AvgIpc) is 2.56. The van der Waals surface area contributed by atoms with Crippen LogP contribution in [0.1, 0.15) is 66.0 Å². The lowest BCUT2D eigenvalue weighted by molar-refractivity contribution is -0.141. The maximum Gasteiger partial charge on any atom is 0.408 e. The van der Waals surface area contributed by atoms with Gasteiger partial charge in [0.1, 0.15) is 18.0 Å². The second kappa shape index (κ2) is 10.8. The van der Waals surface area contributed by atoms with Gasteiger partial charge in [0.2, 0.25) is 0 Å². The molecule has 27 heavy (non-hydrogen) atoms. The van der Waals surface area contributed by atoms with Gasteiger partial charge < -0.3 is 19.5 Å². The molecule has 1 rings (SSSR count). The number of alkyl carbamates (subject to hydrolysis) is 1. The van der Waals surface area contributed by atoms with E-state index < -0.39 is 23.7 Å². The summed E-state index contributed by atoms with van der Waals surface area (Å²) >= 11 is 0. The minimum atomic E-state index is -0.608. The molecule has 0 aliphatic carbocycles. The summed E-state index contributed by atoms with van der Waals surface area (Å²) in [5.41, 5.74) is 0.194. The third-order valence-corrected chi connectivity index (χ3v) is 3.74. The molecule has 6 heteroatoms. The molecule has 0 radical (unpaired) electrons. The molecule has 0 aliphatic heterocycles. The maximum absolute atomic E-state index is 12.1. The first-order valence-corrected chi connectivity index (χ1v) is 9.46. The monoisotopic (exact) mass is 379 g/mol. The SMILES string of the molecule is CCCC(C)COc1ccc(C(COC(C)=O)NC(=O)OC(C)(C)C)cc1. The molecule has 0 aromatic heterocycles. The Morgan fingerprint density at radius 3 is 2.26 bits per heavy atom. The fourth-order valence-corrected chi connectivity index (χ4v) is 2.48. The first kappa shape index (κ1) is 22.8. The number of hydrogen-bond acceptors (Lipinski definition) is 5. The van der Waals surface area contributed by atoms with E-state index in [-0.39, 0.29) is 6.61 Å². The molecule has 0 fully saturated rings. The molecule has 0 heterocycles. The summed E-state index contributed by atoms with van der Waals surface area (Å²) in [5, 5.41) is 2.75. The molecule has 0 spiro atoms. The summed E-state index contributed by atoms with van der Waals surface area (Å²) in [7, 11) is 0. The van der Waals surface area contributed by atoms with E-state index >= 15 is 0 Å². The van der Waals surface area contributed by atoms with Gasteiger partial charge in [0.05, 0.1) is 12.6 Å². The van der Waals surface area contributed by atoms with Gasteiger partial charge in [-0.3, -0.25) is 4.79 Å². The fraction of sp³-hybridized carbons (Fsp3) is 0.619. The van der Waals surface area contributed by atoms with Crippen LogP contribution in [-0.2, 0) is 14.3 Å². The molecular weight excluding hydrogens is 346 g/mol. The summed E-state index contributed by atoms with van der Waals surface area (Å²) in [6.07, 6.45) is 1.70. The van der Waals surface area contributed by atoms with E-state index in [1.807, 2.05) is 24.3 Å². The van der Waals surface area contributed by atoms with Crippen LogP contribution in [0, 0.1) is 5.92 Å². The number of hydrogen-bond donors (Lipinski definition) is 1. The van der Waals surface area contributed by atoms with Crippen LogP contribution in [0.2, 0.25) is 0 Å². The Morgan fingerprint density at radius 1 is 1.11 bits per heavy atom.